The van der Waals surface area contributed by atoms with Gasteiger partial charge in [0.1, 0.15) is 5.76 Å². The molecule has 128 valence electrons. The van der Waals surface area contributed by atoms with Crippen molar-refractivity contribution in [2.45, 2.75) is 32.3 Å². The molecule has 0 saturated carbocycles. The van der Waals surface area contributed by atoms with Gasteiger partial charge < -0.3 is 9.52 Å². The smallest absolute Gasteiger partial charge is 0.126 e. The number of benzene rings is 1. The third-order valence-corrected chi connectivity index (χ3v) is 5.02. The van der Waals surface area contributed by atoms with Crippen molar-refractivity contribution < 1.29 is 9.52 Å². The molecule has 0 spiro atoms. The van der Waals surface area contributed by atoms with Gasteiger partial charge in [-0.2, -0.15) is 0 Å². The molecule has 0 aliphatic carbocycles. The fraction of sp³-hybridized carbons (Fsp3) is 0.429. The summed E-state index contributed by atoms with van der Waals surface area (Å²) in [5.74, 6) is 1.16. The quantitative estimate of drug-likeness (QED) is 0.903. The first kappa shape index (κ1) is 17.0. The highest BCUT2D eigenvalue weighted by Gasteiger charge is 2.37. The van der Waals surface area contributed by atoms with Crippen LogP contribution in [0.3, 0.4) is 0 Å². The standard InChI is InChI=1S/C21H27NO2/c1-17(13-20-9-6-12-24-20)15-22-11-10-21(2,23)19(16-22)14-18-7-4-3-5-8-18/h3-9,12-13,19,23H,10-11,14-16H2,1-2H3/b17-13+/t19-,21+/m0/s1. The van der Waals surface area contributed by atoms with Gasteiger partial charge in [-0.1, -0.05) is 35.9 Å². The van der Waals surface area contributed by atoms with Gasteiger partial charge in [0, 0.05) is 25.6 Å². The predicted octanol–water partition coefficient (Wildman–Crippen LogP) is 4.00. The Morgan fingerprint density at radius 3 is 2.79 bits per heavy atom. The summed E-state index contributed by atoms with van der Waals surface area (Å²) in [5.41, 5.74) is 1.99. The molecule has 0 amide bonds. The summed E-state index contributed by atoms with van der Waals surface area (Å²) in [6.45, 7) is 6.90. The molecule has 1 aromatic heterocycles. The van der Waals surface area contributed by atoms with Gasteiger partial charge in [-0.05, 0) is 50.5 Å². The second kappa shape index (κ2) is 7.37. The van der Waals surface area contributed by atoms with E-state index in [1.807, 2.05) is 25.1 Å². The zero-order valence-corrected chi connectivity index (χ0v) is 14.6. The molecular weight excluding hydrogens is 298 g/mol. The van der Waals surface area contributed by atoms with Crippen LogP contribution >= 0.6 is 0 Å². The fourth-order valence-electron chi connectivity index (χ4n) is 3.53. The minimum Gasteiger partial charge on any atom is -0.465 e. The van der Waals surface area contributed by atoms with E-state index in [0.717, 1.165) is 38.2 Å². The largest absolute Gasteiger partial charge is 0.465 e. The maximum atomic E-state index is 10.8. The zero-order valence-electron chi connectivity index (χ0n) is 14.6. The van der Waals surface area contributed by atoms with Gasteiger partial charge in [0.05, 0.1) is 11.9 Å². The van der Waals surface area contributed by atoms with Gasteiger partial charge in [0.15, 0.2) is 0 Å². The lowest BCUT2D eigenvalue weighted by Crippen LogP contribution is -2.51. The van der Waals surface area contributed by atoms with Crippen LogP contribution in [-0.2, 0) is 6.42 Å². The first-order valence-electron chi connectivity index (χ1n) is 8.72. The van der Waals surface area contributed by atoms with Crippen LogP contribution < -0.4 is 0 Å². The van der Waals surface area contributed by atoms with Gasteiger partial charge in [0.2, 0.25) is 0 Å². The second-order valence-corrected chi connectivity index (χ2v) is 7.24. The molecule has 0 unspecified atom stereocenters. The Balaban J connectivity index is 1.64. The number of nitrogens with zero attached hydrogens (tertiary/aromatic N) is 1. The van der Waals surface area contributed by atoms with Crippen molar-refractivity contribution in [3.05, 3.63) is 65.6 Å². The Labute approximate surface area is 144 Å². The van der Waals surface area contributed by atoms with Crippen molar-refractivity contribution in [2.75, 3.05) is 19.6 Å². The molecular formula is C21H27NO2. The van der Waals surface area contributed by atoms with E-state index in [-0.39, 0.29) is 5.92 Å². The number of rotatable bonds is 5. The van der Waals surface area contributed by atoms with E-state index in [9.17, 15) is 5.11 Å². The van der Waals surface area contributed by atoms with Crippen molar-refractivity contribution in [3.8, 4) is 0 Å². The highest BCUT2D eigenvalue weighted by molar-refractivity contribution is 5.46. The van der Waals surface area contributed by atoms with E-state index < -0.39 is 5.60 Å². The molecule has 0 radical (unpaired) electrons. The number of likely N-dealkylation sites (tertiary alicyclic amines) is 1. The van der Waals surface area contributed by atoms with Crippen molar-refractivity contribution in [1.82, 2.24) is 4.90 Å². The molecule has 1 N–H and O–H groups in total. The van der Waals surface area contributed by atoms with Crippen molar-refractivity contribution >= 4 is 6.08 Å². The Morgan fingerprint density at radius 1 is 1.29 bits per heavy atom. The summed E-state index contributed by atoms with van der Waals surface area (Å²) in [6.07, 6.45) is 5.54. The number of furan rings is 1. The maximum absolute atomic E-state index is 10.8. The van der Waals surface area contributed by atoms with Crippen LogP contribution in [-0.4, -0.2) is 35.2 Å². The molecule has 2 atom stereocenters. The molecule has 3 nitrogen and oxygen atoms in total. The van der Waals surface area contributed by atoms with Crippen LogP contribution in [0.1, 0.15) is 31.6 Å². The Hall–Kier alpha value is -1.84. The molecule has 0 bridgehead atoms. The van der Waals surface area contributed by atoms with E-state index >= 15 is 0 Å². The maximum Gasteiger partial charge on any atom is 0.126 e. The minimum atomic E-state index is -0.592. The summed E-state index contributed by atoms with van der Waals surface area (Å²) in [5, 5.41) is 10.8. The molecule has 2 heterocycles. The molecule has 1 aromatic carbocycles. The molecule has 3 heteroatoms. The monoisotopic (exact) mass is 325 g/mol. The average Bonchev–Trinajstić information content (AvgIpc) is 3.05. The summed E-state index contributed by atoms with van der Waals surface area (Å²) in [4.78, 5) is 2.44. The van der Waals surface area contributed by atoms with E-state index in [4.69, 9.17) is 4.42 Å². The van der Waals surface area contributed by atoms with Crippen LogP contribution in [0.5, 0.6) is 0 Å². The number of piperidine rings is 1. The first-order chi connectivity index (χ1) is 11.5. The molecule has 24 heavy (non-hydrogen) atoms. The van der Waals surface area contributed by atoms with Crippen LogP contribution in [0.25, 0.3) is 6.08 Å². The molecule has 1 fully saturated rings. The lowest BCUT2D eigenvalue weighted by Gasteiger charge is -2.43. The lowest BCUT2D eigenvalue weighted by atomic mass is 9.78. The van der Waals surface area contributed by atoms with Crippen LogP contribution in [0.15, 0.2) is 58.7 Å². The average molecular weight is 325 g/mol. The molecule has 2 aromatic rings. The summed E-state index contributed by atoms with van der Waals surface area (Å²) in [7, 11) is 0. The number of hydrogen-bond acceptors (Lipinski definition) is 3. The SMILES string of the molecule is C/C(=C\c1ccco1)CN1CC[C@@](C)(O)[C@@H](Cc2ccccc2)C1. The Kier molecular flexibility index (Phi) is 5.22. The second-order valence-electron chi connectivity index (χ2n) is 7.24. The van der Waals surface area contributed by atoms with Crippen molar-refractivity contribution in [3.63, 3.8) is 0 Å². The van der Waals surface area contributed by atoms with Gasteiger partial charge in [-0.25, -0.2) is 0 Å². The van der Waals surface area contributed by atoms with E-state index in [1.54, 1.807) is 6.26 Å². The van der Waals surface area contributed by atoms with Crippen LogP contribution in [0.4, 0.5) is 0 Å². The summed E-state index contributed by atoms with van der Waals surface area (Å²) < 4.78 is 5.39. The highest BCUT2D eigenvalue weighted by atomic mass is 16.3. The van der Waals surface area contributed by atoms with E-state index in [1.165, 1.54) is 11.1 Å². The molecule has 3 rings (SSSR count). The highest BCUT2D eigenvalue weighted by Crippen LogP contribution is 2.31. The minimum absolute atomic E-state index is 0.255. The van der Waals surface area contributed by atoms with Gasteiger partial charge in [-0.15, -0.1) is 0 Å². The van der Waals surface area contributed by atoms with Crippen molar-refractivity contribution in [1.29, 1.82) is 0 Å². The van der Waals surface area contributed by atoms with E-state index in [2.05, 4.69) is 42.2 Å². The van der Waals surface area contributed by atoms with E-state index in [0.29, 0.717) is 0 Å². The zero-order chi connectivity index (χ0) is 17.0. The molecule has 1 aliphatic heterocycles. The number of hydrogen-bond donors (Lipinski definition) is 1. The first-order valence-corrected chi connectivity index (χ1v) is 8.72. The summed E-state index contributed by atoms with van der Waals surface area (Å²) in [6, 6.07) is 14.4. The van der Waals surface area contributed by atoms with Gasteiger partial charge in [0.25, 0.3) is 0 Å². The van der Waals surface area contributed by atoms with Crippen molar-refractivity contribution in [2.24, 2.45) is 5.92 Å². The summed E-state index contributed by atoms with van der Waals surface area (Å²) >= 11 is 0. The lowest BCUT2D eigenvalue weighted by molar-refractivity contribution is -0.0555. The molecule has 1 aliphatic rings. The number of aliphatic hydroxyl groups is 1. The van der Waals surface area contributed by atoms with Gasteiger partial charge >= 0.3 is 0 Å². The normalized spacial score (nSPS) is 25.8. The van der Waals surface area contributed by atoms with Crippen LogP contribution in [0.2, 0.25) is 0 Å². The topological polar surface area (TPSA) is 36.6 Å². The third-order valence-electron chi connectivity index (χ3n) is 5.02. The Morgan fingerprint density at radius 2 is 2.08 bits per heavy atom. The van der Waals surface area contributed by atoms with Gasteiger partial charge in [-0.3, -0.25) is 4.90 Å². The Bertz CT molecular complexity index is 658. The molecule has 1 saturated heterocycles. The predicted molar refractivity (Wildman–Crippen MR) is 97.7 cm³/mol. The fourth-order valence-corrected chi connectivity index (χ4v) is 3.53. The van der Waals surface area contributed by atoms with Crippen LogP contribution in [0, 0.1) is 5.92 Å². The third kappa shape index (κ3) is 4.37.